The Morgan fingerprint density at radius 1 is 1.41 bits per heavy atom. The molecule has 1 aromatic carbocycles. The highest BCUT2D eigenvalue weighted by atomic mass is 127. The standard InChI is InChI=1S/C16H15ClFIO3/c1-16(19)8-11(13(18)7-14(16)21-2)10-5-4-9(6-12(10)17)15(20)22-3/h4-8,14H,1-3H3. The number of rotatable bonds is 3. The Kier molecular flexibility index (Phi) is 5.29. The second-order valence-electron chi connectivity index (χ2n) is 5.07. The van der Waals surface area contributed by atoms with Crippen LogP contribution in [0, 0.1) is 0 Å². The molecule has 2 unspecified atom stereocenters. The second kappa shape index (κ2) is 6.68. The molecule has 0 heterocycles. The van der Waals surface area contributed by atoms with E-state index in [4.69, 9.17) is 16.3 Å². The summed E-state index contributed by atoms with van der Waals surface area (Å²) in [5.74, 6) is -0.881. The molecule has 0 N–H and O–H groups in total. The quantitative estimate of drug-likeness (QED) is 0.395. The number of benzene rings is 1. The topological polar surface area (TPSA) is 35.5 Å². The summed E-state index contributed by atoms with van der Waals surface area (Å²) < 4.78 is 23.9. The van der Waals surface area contributed by atoms with E-state index in [2.05, 4.69) is 27.3 Å². The minimum absolute atomic E-state index is 0.292. The number of alkyl halides is 1. The van der Waals surface area contributed by atoms with Crippen molar-refractivity contribution >= 4 is 45.7 Å². The highest BCUT2D eigenvalue weighted by Crippen LogP contribution is 2.41. The van der Waals surface area contributed by atoms with Crippen molar-refractivity contribution in [1.29, 1.82) is 0 Å². The summed E-state index contributed by atoms with van der Waals surface area (Å²) in [6, 6.07) is 4.66. The summed E-state index contributed by atoms with van der Waals surface area (Å²) in [7, 11) is 2.84. The molecule has 3 nitrogen and oxygen atoms in total. The Balaban J connectivity index is 2.46. The van der Waals surface area contributed by atoms with E-state index in [1.165, 1.54) is 19.3 Å². The molecule has 118 valence electrons. The van der Waals surface area contributed by atoms with Gasteiger partial charge in [0.15, 0.2) is 0 Å². The van der Waals surface area contributed by atoms with E-state index in [1.54, 1.807) is 25.3 Å². The van der Waals surface area contributed by atoms with Crippen LogP contribution in [0.3, 0.4) is 0 Å². The van der Waals surface area contributed by atoms with Crippen LogP contribution < -0.4 is 0 Å². The van der Waals surface area contributed by atoms with Crippen LogP contribution in [0.1, 0.15) is 22.8 Å². The number of halogens is 3. The molecular weight excluding hydrogens is 422 g/mol. The van der Waals surface area contributed by atoms with Crippen LogP contribution in [-0.2, 0) is 9.47 Å². The summed E-state index contributed by atoms with van der Waals surface area (Å²) in [6.45, 7) is 1.95. The van der Waals surface area contributed by atoms with E-state index in [9.17, 15) is 9.18 Å². The molecule has 1 aliphatic rings. The van der Waals surface area contributed by atoms with Crippen LogP contribution in [-0.4, -0.2) is 29.7 Å². The maximum absolute atomic E-state index is 14.4. The number of methoxy groups -OCH3 is 2. The Bertz CT molecular complexity index is 667. The van der Waals surface area contributed by atoms with Crippen LogP contribution >= 0.6 is 34.2 Å². The lowest BCUT2D eigenvalue weighted by atomic mass is 9.90. The van der Waals surface area contributed by atoms with Gasteiger partial charge in [-0.15, -0.1) is 0 Å². The number of carbonyl (C=O) groups excluding carboxylic acids is 1. The van der Waals surface area contributed by atoms with Gasteiger partial charge < -0.3 is 9.47 Å². The van der Waals surface area contributed by atoms with E-state index in [1.807, 2.05) is 6.92 Å². The van der Waals surface area contributed by atoms with Gasteiger partial charge in [-0.05, 0) is 25.1 Å². The number of allylic oxidation sites excluding steroid dienone is 2. The predicted octanol–water partition coefficient (Wildman–Crippen LogP) is 4.59. The van der Waals surface area contributed by atoms with Crippen molar-refractivity contribution < 1.29 is 18.7 Å². The monoisotopic (exact) mass is 436 g/mol. The minimum Gasteiger partial charge on any atom is -0.465 e. The van der Waals surface area contributed by atoms with Gasteiger partial charge in [-0.2, -0.15) is 0 Å². The summed E-state index contributed by atoms with van der Waals surface area (Å²) in [5, 5.41) is 0.292. The summed E-state index contributed by atoms with van der Waals surface area (Å²) in [6.07, 6.45) is 2.87. The first-order valence-corrected chi connectivity index (χ1v) is 7.96. The van der Waals surface area contributed by atoms with E-state index in [0.717, 1.165) is 0 Å². The fourth-order valence-corrected chi connectivity index (χ4v) is 3.33. The molecule has 0 saturated heterocycles. The van der Waals surface area contributed by atoms with Crippen molar-refractivity contribution in [1.82, 2.24) is 0 Å². The Morgan fingerprint density at radius 3 is 2.64 bits per heavy atom. The average molecular weight is 437 g/mol. The van der Waals surface area contributed by atoms with Gasteiger partial charge in [0.25, 0.3) is 0 Å². The zero-order chi connectivity index (χ0) is 16.5. The number of hydrogen-bond acceptors (Lipinski definition) is 3. The lowest BCUT2D eigenvalue weighted by Gasteiger charge is -2.31. The molecule has 2 atom stereocenters. The van der Waals surface area contributed by atoms with Crippen molar-refractivity contribution in [2.75, 3.05) is 14.2 Å². The molecule has 22 heavy (non-hydrogen) atoms. The zero-order valence-electron chi connectivity index (χ0n) is 12.3. The van der Waals surface area contributed by atoms with Gasteiger partial charge in [-0.25, -0.2) is 9.18 Å². The van der Waals surface area contributed by atoms with E-state index < -0.39 is 15.2 Å². The van der Waals surface area contributed by atoms with Crippen LogP contribution in [0.25, 0.3) is 5.57 Å². The highest BCUT2D eigenvalue weighted by molar-refractivity contribution is 14.1. The highest BCUT2D eigenvalue weighted by Gasteiger charge is 2.34. The van der Waals surface area contributed by atoms with E-state index in [0.29, 0.717) is 21.7 Å². The minimum atomic E-state index is -0.486. The Hall–Kier alpha value is -0.920. The summed E-state index contributed by atoms with van der Waals surface area (Å²) in [5.41, 5.74) is 1.25. The number of carbonyl (C=O) groups is 1. The predicted molar refractivity (Wildman–Crippen MR) is 93.2 cm³/mol. The molecule has 0 aliphatic heterocycles. The van der Waals surface area contributed by atoms with E-state index >= 15 is 0 Å². The maximum atomic E-state index is 14.4. The third-order valence-corrected chi connectivity index (χ3v) is 4.71. The van der Waals surface area contributed by atoms with Crippen molar-refractivity contribution in [3.05, 3.63) is 52.3 Å². The number of esters is 1. The fourth-order valence-electron chi connectivity index (χ4n) is 2.30. The van der Waals surface area contributed by atoms with Crippen molar-refractivity contribution in [3.63, 3.8) is 0 Å². The van der Waals surface area contributed by atoms with Crippen molar-refractivity contribution in [2.24, 2.45) is 0 Å². The fraction of sp³-hybridized carbons (Fsp3) is 0.312. The van der Waals surface area contributed by atoms with Gasteiger partial charge in [0.05, 0.1) is 22.2 Å². The second-order valence-corrected chi connectivity index (χ2v) is 7.80. The molecule has 2 rings (SSSR count). The largest absolute Gasteiger partial charge is 0.465 e. The Morgan fingerprint density at radius 2 is 2.09 bits per heavy atom. The molecule has 0 radical (unpaired) electrons. The van der Waals surface area contributed by atoms with Crippen molar-refractivity contribution in [3.8, 4) is 0 Å². The molecule has 0 saturated carbocycles. The molecule has 0 fully saturated rings. The summed E-state index contributed by atoms with van der Waals surface area (Å²) in [4.78, 5) is 11.5. The van der Waals surface area contributed by atoms with Gasteiger partial charge in [0.1, 0.15) is 5.83 Å². The van der Waals surface area contributed by atoms with Gasteiger partial charge in [0, 0.05) is 23.3 Å². The zero-order valence-corrected chi connectivity index (χ0v) is 15.2. The molecule has 0 bridgehead atoms. The third-order valence-electron chi connectivity index (χ3n) is 3.47. The Labute approximate surface area is 147 Å². The summed E-state index contributed by atoms with van der Waals surface area (Å²) >= 11 is 8.43. The molecular formula is C16H15ClFIO3. The van der Waals surface area contributed by atoms with Gasteiger partial charge >= 0.3 is 5.97 Å². The van der Waals surface area contributed by atoms with Gasteiger partial charge in [0.2, 0.25) is 0 Å². The smallest absolute Gasteiger partial charge is 0.337 e. The van der Waals surface area contributed by atoms with Crippen molar-refractivity contribution in [2.45, 2.75) is 16.4 Å². The average Bonchev–Trinajstić information content (AvgIpc) is 2.48. The first-order chi connectivity index (χ1) is 10.3. The third kappa shape index (κ3) is 3.36. The first kappa shape index (κ1) is 17.4. The molecule has 0 aromatic heterocycles. The van der Waals surface area contributed by atoms with Crippen LogP contribution in [0.2, 0.25) is 5.02 Å². The SMILES string of the molecule is COC(=O)c1ccc(C2=CC(C)(I)C(OC)C=C2F)c(Cl)c1. The van der Waals surface area contributed by atoms with E-state index in [-0.39, 0.29) is 6.10 Å². The number of hydrogen-bond donors (Lipinski definition) is 0. The van der Waals surface area contributed by atoms with Gasteiger partial charge in [-0.3, -0.25) is 0 Å². The van der Waals surface area contributed by atoms with Crippen LogP contribution in [0.5, 0.6) is 0 Å². The first-order valence-electron chi connectivity index (χ1n) is 6.50. The van der Waals surface area contributed by atoms with Gasteiger partial charge in [-0.1, -0.05) is 46.3 Å². The normalized spacial score (nSPS) is 24.5. The lowest BCUT2D eigenvalue weighted by molar-refractivity contribution is 0.0600. The number of ether oxygens (including phenoxy) is 2. The molecule has 1 aliphatic carbocycles. The molecule has 0 spiro atoms. The lowest BCUT2D eigenvalue weighted by Crippen LogP contribution is -2.33. The van der Waals surface area contributed by atoms with Crippen LogP contribution in [0.4, 0.5) is 4.39 Å². The molecule has 6 heteroatoms. The maximum Gasteiger partial charge on any atom is 0.337 e. The van der Waals surface area contributed by atoms with Crippen LogP contribution in [0.15, 0.2) is 36.2 Å². The molecule has 0 amide bonds. The molecule has 1 aromatic rings.